The molecule has 1 aliphatic rings. The number of rotatable bonds is 8. The number of likely N-dealkylation sites (tertiary alicyclic amines) is 1. The van der Waals surface area contributed by atoms with Gasteiger partial charge in [0.25, 0.3) is 0 Å². The lowest BCUT2D eigenvalue weighted by atomic mass is 9.93. The predicted octanol–water partition coefficient (Wildman–Crippen LogP) is 4.86. The first-order valence-electron chi connectivity index (χ1n) is 8.47. The number of hydrogen-bond donors (Lipinski definition) is 0. The lowest BCUT2D eigenvalue weighted by molar-refractivity contribution is -0.931. The lowest BCUT2D eigenvalue weighted by Gasteiger charge is -2.41. The molecule has 0 aliphatic carbocycles. The first-order chi connectivity index (χ1) is 8.62. The van der Waals surface area contributed by atoms with Crippen LogP contribution in [0.2, 0.25) is 0 Å². The Morgan fingerprint density at radius 3 is 2.00 bits per heavy atom. The predicted molar refractivity (Wildman–Crippen MR) is 81.7 cm³/mol. The maximum absolute atomic E-state index is 2.47. The Hall–Kier alpha value is -0.0400. The van der Waals surface area contributed by atoms with Gasteiger partial charge in [0.2, 0.25) is 0 Å². The van der Waals surface area contributed by atoms with Crippen LogP contribution in [0.25, 0.3) is 0 Å². The van der Waals surface area contributed by atoms with Gasteiger partial charge >= 0.3 is 0 Å². The third-order valence-corrected chi connectivity index (χ3v) is 5.38. The molecule has 2 atom stereocenters. The molecule has 1 saturated heterocycles. The van der Waals surface area contributed by atoms with Crippen LogP contribution in [0.1, 0.15) is 72.6 Å². The molecule has 108 valence electrons. The normalized spacial score (nSPS) is 22.7. The second-order valence-electron chi connectivity index (χ2n) is 6.87. The Bertz CT molecular complexity index is 206. The van der Waals surface area contributed by atoms with Gasteiger partial charge in [0.15, 0.2) is 0 Å². The maximum Gasteiger partial charge on any atom is 0.0789 e. The molecule has 0 aromatic heterocycles. The highest BCUT2D eigenvalue weighted by atomic mass is 15.3. The average molecular weight is 254 g/mol. The molecule has 1 rings (SSSR count). The third-order valence-electron chi connectivity index (χ3n) is 5.38. The molecule has 2 unspecified atom stereocenters. The molecule has 18 heavy (non-hydrogen) atoms. The fourth-order valence-electron chi connectivity index (χ4n) is 3.29. The monoisotopic (exact) mass is 254 g/mol. The summed E-state index contributed by atoms with van der Waals surface area (Å²) < 4.78 is 1.42. The number of quaternary nitrogens is 1. The van der Waals surface area contributed by atoms with Crippen molar-refractivity contribution in [2.45, 2.75) is 72.6 Å². The Kier molecular flexibility index (Phi) is 7.29. The molecule has 0 amide bonds. The number of nitrogens with zero attached hydrogens (tertiary/aromatic N) is 1. The van der Waals surface area contributed by atoms with E-state index >= 15 is 0 Å². The van der Waals surface area contributed by atoms with E-state index in [2.05, 4.69) is 27.7 Å². The van der Waals surface area contributed by atoms with Crippen molar-refractivity contribution < 1.29 is 4.48 Å². The van der Waals surface area contributed by atoms with Crippen molar-refractivity contribution in [2.24, 2.45) is 11.8 Å². The van der Waals surface area contributed by atoms with Crippen molar-refractivity contribution in [3.8, 4) is 0 Å². The van der Waals surface area contributed by atoms with Gasteiger partial charge in [0.05, 0.1) is 26.2 Å². The van der Waals surface area contributed by atoms with Crippen LogP contribution in [0.5, 0.6) is 0 Å². The molecule has 0 bridgehead atoms. The zero-order valence-corrected chi connectivity index (χ0v) is 13.4. The largest absolute Gasteiger partial charge is 0.324 e. The van der Waals surface area contributed by atoms with E-state index in [1.165, 1.54) is 75.6 Å². The van der Waals surface area contributed by atoms with Crippen LogP contribution in [0.3, 0.4) is 0 Å². The van der Waals surface area contributed by atoms with Crippen LogP contribution < -0.4 is 0 Å². The minimum Gasteiger partial charge on any atom is -0.324 e. The van der Waals surface area contributed by atoms with Gasteiger partial charge in [-0.1, -0.05) is 40.0 Å². The molecule has 1 heteroatoms. The number of hydrogen-bond acceptors (Lipinski definition) is 0. The lowest BCUT2D eigenvalue weighted by Crippen LogP contribution is -2.52. The van der Waals surface area contributed by atoms with Crippen molar-refractivity contribution in [1.29, 1.82) is 0 Å². The van der Waals surface area contributed by atoms with Crippen molar-refractivity contribution in [3.05, 3.63) is 0 Å². The second-order valence-corrected chi connectivity index (χ2v) is 6.87. The zero-order valence-electron chi connectivity index (χ0n) is 13.4. The Balaban J connectivity index is 2.24. The standard InChI is InChI=1S/C17H36N/c1-5-16(3)10-11-17(4)12-15-18(6-2)13-8-7-9-14-18/h16-17H,5-15H2,1-4H3/q+1. The zero-order chi connectivity index (χ0) is 13.4. The molecule has 0 aromatic rings. The summed E-state index contributed by atoms with van der Waals surface area (Å²) in [6.07, 6.45) is 10.1. The van der Waals surface area contributed by atoms with E-state index in [-0.39, 0.29) is 0 Å². The summed E-state index contributed by atoms with van der Waals surface area (Å²) in [6, 6.07) is 0. The molecule has 0 spiro atoms. The van der Waals surface area contributed by atoms with Crippen molar-refractivity contribution >= 4 is 0 Å². The van der Waals surface area contributed by atoms with Gasteiger partial charge in [-0.05, 0) is 44.4 Å². The minimum absolute atomic E-state index is 0.928. The van der Waals surface area contributed by atoms with Gasteiger partial charge in [-0.2, -0.15) is 0 Å². The number of piperidine rings is 1. The van der Waals surface area contributed by atoms with Crippen molar-refractivity contribution in [3.63, 3.8) is 0 Å². The Morgan fingerprint density at radius 1 is 0.833 bits per heavy atom. The molecule has 0 saturated carbocycles. The molecule has 1 aliphatic heterocycles. The summed E-state index contributed by atoms with van der Waals surface area (Å²) in [5, 5.41) is 0. The molecule has 1 nitrogen and oxygen atoms in total. The maximum atomic E-state index is 2.47. The Morgan fingerprint density at radius 2 is 1.44 bits per heavy atom. The van der Waals surface area contributed by atoms with Gasteiger partial charge < -0.3 is 4.48 Å². The summed E-state index contributed by atoms with van der Waals surface area (Å²) >= 11 is 0. The van der Waals surface area contributed by atoms with Crippen LogP contribution in [0.15, 0.2) is 0 Å². The average Bonchev–Trinajstić information content (AvgIpc) is 2.43. The highest BCUT2D eigenvalue weighted by Crippen LogP contribution is 2.23. The molecule has 0 aromatic carbocycles. The van der Waals surface area contributed by atoms with Gasteiger partial charge in [-0.3, -0.25) is 0 Å². The SMILES string of the molecule is CCC(C)CCC(C)CC[N+]1(CC)CCCCC1. The van der Waals surface area contributed by atoms with E-state index in [1.807, 2.05) is 0 Å². The molecule has 1 heterocycles. The molecular weight excluding hydrogens is 218 g/mol. The van der Waals surface area contributed by atoms with Crippen LogP contribution in [0, 0.1) is 11.8 Å². The van der Waals surface area contributed by atoms with Crippen molar-refractivity contribution in [2.75, 3.05) is 26.2 Å². The van der Waals surface area contributed by atoms with E-state index in [1.54, 1.807) is 0 Å². The summed E-state index contributed by atoms with van der Waals surface area (Å²) in [7, 11) is 0. The first-order valence-corrected chi connectivity index (χ1v) is 8.47. The Labute approximate surface area is 116 Å². The summed E-state index contributed by atoms with van der Waals surface area (Å²) in [6.45, 7) is 15.3. The van der Waals surface area contributed by atoms with Crippen LogP contribution in [-0.4, -0.2) is 30.7 Å². The van der Waals surface area contributed by atoms with Gasteiger partial charge in [-0.25, -0.2) is 0 Å². The van der Waals surface area contributed by atoms with Crippen LogP contribution in [-0.2, 0) is 0 Å². The quantitative estimate of drug-likeness (QED) is 0.543. The summed E-state index contributed by atoms with van der Waals surface area (Å²) in [4.78, 5) is 0. The van der Waals surface area contributed by atoms with Crippen LogP contribution in [0.4, 0.5) is 0 Å². The van der Waals surface area contributed by atoms with E-state index in [9.17, 15) is 0 Å². The second kappa shape index (κ2) is 8.19. The highest BCUT2D eigenvalue weighted by Gasteiger charge is 2.27. The summed E-state index contributed by atoms with van der Waals surface area (Å²) in [5.41, 5.74) is 0. The van der Waals surface area contributed by atoms with E-state index in [4.69, 9.17) is 0 Å². The topological polar surface area (TPSA) is 0 Å². The van der Waals surface area contributed by atoms with Crippen molar-refractivity contribution in [1.82, 2.24) is 0 Å². The fraction of sp³-hybridized carbons (Fsp3) is 1.00. The van der Waals surface area contributed by atoms with E-state index in [0.29, 0.717) is 0 Å². The van der Waals surface area contributed by atoms with Crippen LogP contribution >= 0.6 is 0 Å². The third kappa shape index (κ3) is 5.30. The smallest absolute Gasteiger partial charge is 0.0789 e. The first kappa shape index (κ1) is 16.0. The van der Waals surface area contributed by atoms with Gasteiger partial charge in [0.1, 0.15) is 0 Å². The molecule has 1 fully saturated rings. The molecule has 0 radical (unpaired) electrons. The van der Waals surface area contributed by atoms with Gasteiger partial charge in [-0.15, -0.1) is 0 Å². The fourth-order valence-corrected chi connectivity index (χ4v) is 3.29. The highest BCUT2D eigenvalue weighted by molar-refractivity contribution is 4.60. The van der Waals surface area contributed by atoms with E-state index < -0.39 is 0 Å². The summed E-state index contributed by atoms with van der Waals surface area (Å²) in [5.74, 6) is 1.86. The molecular formula is C17H36N+. The minimum atomic E-state index is 0.928. The van der Waals surface area contributed by atoms with Gasteiger partial charge in [0, 0.05) is 0 Å². The molecule has 0 N–H and O–H groups in total. The van der Waals surface area contributed by atoms with E-state index in [0.717, 1.165) is 11.8 Å².